The van der Waals surface area contributed by atoms with Crippen molar-refractivity contribution in [2.45, 2.75) is 23.7 Å². The normalized spacial score (nSPS) is 17.9. The highest BCUT2D eigenvalue weighted by atomic mass is 32.2. The number of sulfone groups is 1. The van der Waals surface area contributed by atoms with Gasteiger partial charge in [-0.05, 0) is 31.0 Å². The molecule has 0 atom stereocenters. The predicted octanol–water partition coefficient (Wildman–Crippen LogP) is 1.86. The Morgan fingerprint density at radius 2 is 2.05 bits per heavy atom. The minimum atomic E-state index is -3.18. The maximum atomic E-state index is 11.5. The van der Waals surface area contributed by atoms with Crippen molar-refractivity contribution >= 4 is 20.9 Å². The molecule has 0 bridgehead atoms. The molecule has 0 aliphatic carbocycles. The van der Waals surface area contributed by atoms with E-state index in [-0.39, 0.29) is 0 Å². The van der Waals surface area contributed by atoms with Gasteiger partial charge in [0.15, 0.2) is 9.84 Å². The van der Waals surface area contributed by atoms with E-state index in [1.165, 1.54) is 6.26 Å². The zero-order chi connectivity index (χ0) is 13.5. The average Bonchev–Trinajstić information content (AvgIpc) is 2.81. The number of nitrogens with one attached hydrogen (secondary N) is 1. The minimum Gasteiger partial charge on any atom is -0.381 e. The van der Waals surface area contributed by atoms with Gasteiger partial charge in [-0.15, -0.1) is 0 Å². The molecular weight excluding hydrogens is 264 g/mol. The van der Waals surface area contributed by atoms with Gasteiger partial charge in [-0.1, -0.05) is 0 Å². The summed E-state index contributed by atoms with van der Waals surface area (Å²) in [6, 6.07) is 5.01. The number of rotatable bonds is 2. The number of ether oxygens (including phenoxy) is 1. The van der Waals surface area contributed by atoms with E-state index in [0.29, 0.717) is 10.8 Å². The predicted molar refractivity (Wildman–Crippen MR) is 72.0 cm³/mol. The zero-order valence-corrected chi connectivity index (χ0v) is 11.5. The lowest BCUT2D eigenvalue weighted by Crippen LogP contribution is -2.15. The Morgan fingerprint density at radius 1 is 1.32 bits per heavy atom. The first-order chi connectivity index (χ1) is 9.04. The fourth-order valence-electron chi connectivity index (χ4n) is 2.40. The summed E-state index contributed by atoms with van der Waals surface area (Å²) in [4.78, 5) is 8.12. The molecule has 1 fully saturated rings. The molecule has 1 aliphatic rings. The number of H-pyrrole nitrogens is 1. The summed E-state index contributed by atoms with van der Waals surface area (Å²) < 4.78 is 28.4. The summed E-state index contributed by atoms with van der Waals surface area (Å²) in [5.41, 5.74) is 1.60. The second-order valence-electron chi connectivity index (χ2n) is 4.96. The van der Waals surface area contributed by atoms with Crippen LogP contribution in [-0.4, -0.2) is 37.9 Å². The third-order valence-electron chi connectivity index (χ3n) is 3.51. The molecule has 1 N–H and O–H groups in total. The monoisotopic (exact) mass is 280 g/mol. The number of hydrogen-bond acceptors (Lipinski definition) is 4. The molecule has 2 aromatic rings. The van der Waals surface area contributed by atoms with Crippen LogP contribution in [0.15, 0.2) is 23.1 Å². The largest absolute Gasteiger partial charge is 0.381 e. The summed E-state index contributed by atoms with van der Waals surface area (Å²) in [6.07, 6.45) is 3.13. The highest BCUT2D eigenvalue weighted by Crippen LogP contribution is 2.27. The molecule has 6 heteroatoms. The SMILES string of the molecule is CS(=O)(=O)c1ccc2nc(C3CCOCC3)[nH]c2c1. The van der Waals surface area contributed by atoms with Crippen molar-refractivity contribution in [1.82, 2.24) is 9.97 Å². The van der Waals surface area contributed by atoms with Crippen molar-refractivity contribution in [3.8, 4) is 0 Å². The molecule has 1 aliphatic heterocycles. The molecule has 1 aromatic heterocycles. The van der Waals surface area contributed by atoms with E-state index in [9.17, 15) is 8.42 Å². The molecule has 0 spiro atoms. The smallest absolute Gasteiger partial charge is 0.175 e. The van der Waals surface area contributed by atoms with Crippen molar-refractivity contribution in [3.05, 3.63) is 24.0 Å². The number of nitrogens with zero attached hydrogens (tertiary/aromatic N) is 1. The van der Waals surface area contributed by atoms with Gasteiger partial charge in [-0.25, -0.2) is 13.4 Å². The van der Waals surface area contributed by atoms with E-state index < -0.39 is 9.84 Å². The number of imidazole rings is 1. The first-order valence-corrected chi connectivity index (χ1v) is 8.20. The van der Waals surface area contributed by atoms with Crippen LogP contribution < -0.4 is 0 Å². The maximum Gasteiger partial charge on any atom is 0.175 e. The molecule has 0 saturated carbocycles. The topological polar surface area (TPSA) is 72.1 Å². The number of benzene rings is 1. The first kappa shape index (κ1) is 12.6. The van der Waals surface area contributed by atoms with E-state index in [4.69, 9.17) is 4.74 Å². The number of hydrogen-bond donors (Lipinski definition) is 1. The Hall–Kier alpha value is -1.40. The van der Waals surface area contributed by atoms with Gasteiger partial charge in [-0.2, -0.15) is 0 Å². The average molecular weight is 280 g/mol. The highest BCUT2D eigenvalue weighted by molar-refractivity contribution is 7.90. The van der Waals surface area contributed by atoms with Crippen LogP contribution in [0.5, 0.6) is 0 Å². The molecule has 1 saturated heterocycles. The van der Waals surface area contributed by atoms with Gasteiger partial charge >= 0.3 is 0 Å². The second-order valence-corrected chi connectivity index (χ2v) is 6.98. The Balaban J connectivity index is 2.01. The Morgan fingerprint density at radius 3 is 2.74 bits per heavy atom. The Kier molecular flexibility index (Phi) is 3.06. The van der Waals surface area contributed by atoms with E-state index in [1.54, 1.807) is 18.2 Å². The Labute approximate surface area is 111 Å². The van der Waals surface area contributed by atoms with Gasteiger partial charge in [0.25, 0.3) is 0 Å². The van der Waals surface area contributed by atoms with Crippen LogP contribution >= 0.6 is 0 Å². The molecule has 0 amide bonds. The lowest BCUT2D eigenvalue weighted by molar-refractivity contribution is 0.0838. The number of fused-ring (bicyclic) bond motifs is 1. The van der Waals surface area contributed by atoms with Crippen LogP contribution in [0.4, 0.5) is 0 Å². The lowest BCUT2D eigenvalue weighted by Gasteiger charge is -2.19. The molecule has 0 unspecified atom stereocenters. The second kappa shape index (κ2) is 4.61. The van der Waals surface area contributed by atoms with Crippen LogP contribution in [0.25, 0.3) is 11.0 Å². The van der Waals surface area contributed by atoms with Crippen molar-refractivity contribution in [2.75, 3.05) is 19.5 Å². The first-order valence-electron chi connectivity index (χ1n) is 6.31. The van der Waals surface area contributed by atoms with Gasteiger partial charge in [0.2, 0.25) is 0 Å². The number of aromatic nitrogens is 2. The molecular formula is C13H16N2O3S. The maximum absolute atomic E-state index is 11.5. The van der Waals surface area contributed by atoms with Gasteiger partial charge in [0.1, 0.15) is 5.82 Å². The molecule has 19 heavy (non-hydrogen) atoms. The van der Waals surface area contributed by atoms with Crippen molar-refractivity contribution in [1.29, 1.82) is 0 Å². The third-order valence-corrected chi connectivity index (χ3v) is 4.62. The summed E-state index contributed by atoms with van der Waals surface area (Å²) in [7, 11) is -3.18. The molecule has 5 nitrogen and oxygen atoms in total. The number of aromatic amines is 1. The van der Waals surface area contributed by atoms with Gasteiger partial charge in [-0.3, -0.25) is 0 Å². The summed E-state index contributed by atoms with van der Waals surface area (Å²) in [6.45, 7) is 1.52. The summed E-state index contributed by atoms with van der Waals surface area (Å²) in [5.74, 6) is 1.31. The molecule has 0 radical (unpaired) electrons. The lowest BCUT2D eigenvalue weighted by atomic mass is 10.00. The van der Waals surface area contributed by atoms with Crippen molar-refractivity contribution < 1.29 is 13.2 Å². The fourth-order valence-corrected chi connectivity index (χ4v) is 3.05. The molecule has 102 valence electrons. The van der Waals surface area contributed by atoms with Crippen LogP contribution in [0.1, 0.15) is 24.6 Å². The standard InChI is InChI=1S/C13H16N2O3S/c1-19(16,17)10-2-3-11-12(8-10)15-13(14-11)9-4-6-18-7-5-9/h2-3,8-9H,4-7H2,1H3,(H,14,15). The van der Waals surface area contributed by atoms with E-state index in [1.807, 2.05) is 0 Å². The van der Waals surface area contributed by atoms with Gasteiger partial charge in [0, 0.05) is 25.4 Å². The van der Waals surface area contributed by atoms with Crippen LogP contribution in [0.2, 0.25) is 0 Å². The fraction of sp³-hybridized carbons (Fsp3) is 0.462. The molecule has 1 aromatic carbocycles. The molecule has 2 heterocycles. The zero-order valence-electron chi connectivity index (χ0n) is 10.7. The van der Waals surface area contributed by atoms with Gasteiger partial charge in [0.05, 0.1) is 15.9 Å². The van der Waals surface area contributed by atoms with Crippen molar-refractivity contribution in [3.63, 3.8) is 0 Å². The molecule has 3 rings (SSSR count). The van der Waals surface area contributed by atoms with E-state index in [2.05, 4.69) is 9.97 Å². The van der Waals surface area contributed by atoms with Crippen LogP contribution in [0.3, 0.4) is 0 Å². The highest BCUT2D eigenvalue weighted by Gasteiger charge is 2.19. The summed E-state index contributed by atoms with van der Waals surface area (Å²) >= 11 is 0. The van der Waals surface area contributed by atoms with Crippen LogP contribution in [0, 0.1) is 0 Å². The summed E-state index contributed by atoms with van der Waals surface area (Å²) in [5, 5.41) is 0. The van der Waals surface area contributed by atoms with Crippen molar-refractivity contribution in [2.24, 2.45) is 0 Å². The van der Waals surface area contributed by atoms with E-state index in [0.717, 1.165) is 42.9 Å². The minimum absolute atomic E-state index is 0.321. The quantitative estimate of drug-likeness (QED) is 0.911. The van der Waals surface area contributed by atoms with Gasteiger partial charge < -0.3 is 9.72 Å². The van der Waals surface area contributed by atoms with Crippen LogP contribution in [-0.2, 0) is 14.6 Å². The Bertz CT molecular complexity index is 700. The third kappa shape index (κ3) is 2.50. The van der Waals surface area contributed by atoms with E-state index >= 15 is 0 Å².